The molecule has 4 rings (SSSR count). The molecule has 0 bridgehead atoms. The van der Waals surface area contributed by atoms with Crippen LogP contribution in [0.4, 0.5) is 17.5 Å². The third kappa shape index (κ3) is 4.49. The van der Waals surface area contributed by atoms with Crippen molar-refractivity contribution < 1.29 is 9.32 Å². The summed E-state index contributed by atoms with van der Waals surface area (Å²) in [5, 5.41) is 21.3. The normalized spacial score (nSPS) is 12.3. The van der Waals surface area contributed by atoms with E-state index < -0.39 is 10.6 Å². The molecule has 0 aliphatic carbocycles. The fourth-order valence-corrected chi connectivity index (χ4v) is 3.60. The SMILES string of the molecule is C[C@H](CO)Nc1nc(Nc2ccc([S-](=N)=O)cc2)ncc1-c1cccc2nn(C)cc12. The lowest BCUT2D eigenvalue weighted by Gasteiger charge is -2.17. The number of rotatable bonds is 7. The molecule has 1 atom stereocenters. The summed E-state index contributed by atoms with van der Waals surface area (Å²) < 4.78 is 20.3. The van der Waals surface area contributed by atoms with Crippen molar-refractivity contribution >= 4 is 39.0 Å². The first-order valence-corrected chi connectivity index (χ1v) is 10.8. The summed E-state index contributed by atoms with van der Waals surface area (Å²) in [5.74, 6) is 0.953. The number of anilines is 3. The fraction of sp³-hybridized carbons (Fsp3) is 0.190. The Hall–Kier alpha value is -3.50. The van der Waals surface area contributed by atoms with Gasteiger partial charge in [-0.2, -0.15) is 20.7 Å². The summed E-state index contributed by atoms with van der Waals surface area (Å²) in [5.41, 5.74) is 3.31. The van der Waals surface area contributed by atoms with Gasteiger partial charge in [0.25, 0.3) is 0 Å². The molecule has 0 saturated carbocycles. The standard InChI is InChI=1S/C21H22N7O2S/c1-13(12-29)24-20-17(16-4-3-5-19-18(16)11-28(2)27-19)10-23-21(26-20)25-14-6-8-15(9-7-14)31(22)30/h3-11,13,22,29H,12H2,1-2H3,(H2,23,24,25,26)/q-1/t13-/m1/s1. The first kappa shape index (κ1) is 20.8. The Bertz CT molecular complexity index is 1290. The van der Waals surface area contributed by atoms with Gasteiger partial charge in [-0.15, -0.1) is 0 Å². The van der Waals surface area contributed by atoms with Crippen LogP contribution in [0, 0.1) is 4.78 Å². The van der Waals surface area contributed by atoms with E-state index >= 15 is 0 Å². The highest BCUT2D eigenvalue weighted by molar-refractivity contribution is 7.73. The summed E-state index contributed by atoms with van der Waals surface area (Å²) in [6, 6.07) is 12.4. The first-order valence-electron chi connectivity index (χ1n) is 9.62. The van der Waals surface area contributed by atoms with Gasteiger partial charge >= 0.3 is 0 Å². The van der Waals surface area contributed by atoms with Crippen molar-refractivity contribution in [3.8, 4) is 11.1 Å². The van der Waals surface area contributed by atoms with Crippen LogP contribution >= 0.6 is 0 Å². The van der Waals surface area contributed by atoms with E-state index in [0.717, 1.165) is 22.0 Å². The number of hydrogen-bond acceptors (Lipinski definition) is 9. The molecule has 2 heterocycles. The van der Waals surface area contributed by atoms with Gasteiger partial charge in [0.05, 0.1) is 12.1 Å². The highest BCUT2D eigenvalue weighted by atomic mass is 32.2. The summed E-state index contributed by atoms with van der Waals surface area (Å²) in [7, 11) is 0.0978. The molecule has 0 saturated heterocycles. The average Bonchev–Trinajstić information content (AvgIpc) is 3.14. The number of aliphatic hydroxyl groups is 1. The van der Waals surface area contributed by atoms with Crippen LogP contribution in [0.25, 0.3) is 22.0 Å². The van der Waals surface area contributed by atoms with E-state index in [0.29, 0.717) is 22.3 Å². The molecule has 2 aromatic carbocycles. The molecule has 0 spiro atoms. The summed E-state index contributed by atoms with van der Waals surface area (Å²) in [4.78, 5) is 9.52. The van der Waals surface area contributed by atoms with Crippen molar-refractivity contribution in [1.29, 1.82) is 4.78 Å². The minimum Gasteiger partial charge on any atom is -0.440 e. The molecule has 0 unspecified atom stereocenters. The van der Waals surface area contributed by atoms with E-state index in [4.69, 9.17) is 4.78 Å². The Morgan fingerprint density at radius 3 is 2.68 bits per heavy atom. The zero-order chi connectivity index (χ0) is 22.0. The Morgan fingerprint density at radius 2 is 1.97 bits per heavy atom. The van der Waals surface area contributed by atoms with Gasteiger partial charge in [0.2, 0.25) is 5.95 Å². The van der Waals surface area contributed by atoms with Crippen molar-refractivity contribution in [2.75, 3.05) is 17.2 Å². The fourth-order valence-electron chi connectivity index (χ4n) is 3.22. The average molecular weight is 437 g/mol. The van der Waals surface area contributed by atoms with E-state index in [9.17, 15) is 9.32 Å². The Balaban J connectivity index is 1.74. The van der Waals surface area contributed by atoms with Crippen molar-refractivity contribution in [2.45, 2.75) is 17.9 Å². The molecule has 0 radical (unpaired) electrons. The molecule has 0 aliphatic rings. The second-order valence-electron chi connectivity index (χ2n) is 7.14. The molecule has 0 aliphatic heterocycles. The van der Waals surface area contributed by atoms with E-state index in [1.54, 1.807) is 35.1 Å². The van der Waals surface area contributed by atoms with Gasteiger partial charge in [-0.1, -0.05) is 29.2 Å². The highest BCUT2D eigenvalue weighted by Crippen LogP contribution is 2.33. The van der Waals surface area contributed by atoms with E-state index in [-0.39, 0.29) is 12.6 Å². The number of nitrogens with zero attached hydrogens (tertiary/aromatic N) is 4. The van der Waals surface area contributed by atoms with Crippen LogP contribution in [0.5, 0.6) is 0 Å². The van der Waals surface area contributed by atoms with Gasteiger partial charge in [-0.25, -0.2) is 4.98 Å². The second kappa shape index (κ2) is 8.70. The minimum atomic E-state index is -1.78. The maximum absolute atomic E-state index is 11.3. The van der Waals surface area contributed by atoms with Crippen LogP contribution in [-0.4, -0.2) is 37.5 Å². The lowest BCUT2D eigenvalue weighted by molar-refractivity contribution is 0.281. The molecule has 10 heteroatoms. The zero-order valence-electron chi connectivity index (χ0n) is 17.0. The Kier molecular flexibility index (Phi) is 5.83. The summed E-state index contributed by atoms with van der Waals surface area (Å²) in [6.45, 7) is 1.82. The summed E-state index contributed by atoms with van der Waals surface area (Å²) >= 11 is 0. The van der Waals surface area contributed by atoms with Gasteiger partial charge in [0.15, 0.2) is 0 Å². The molecule has 4 N–H and O–H groups in total. The van der Waals surface area contributed by atoms with Gasteiger partial charge in [-0.05, 0) is 30.7 Å². The topological polar surface area (TPSA) is 129 Å². The van der Waals surface area contributed by atoms with Crippen molar-refractivity contribution in [3.05, 3.63) is 54.9 Å². The molecule has 160 valence electrons. The van der Waals surface area contributed by atoms with Crippen LogP contribution in [0.3, 0.4) is 0 Å². The smallest absolute Gasteiger partial charge is 0.229 e. The van der Waals surface area contributed by atoms with Gasteiger partial charge in [0.1, 0.15) is 5.82 Å². The number of nitrogens with one attached hydrogen (secondary N) is 3. The zero-order valence-corrected chi connectivity index (χ0v) is 17.8. The molecule has 0 fully saturated rings. The third-order valence-electron chi connectivity index (χ3n) is 4.72. The van der Waals surface area contributed by atoms with Gasteiger partial charge < -0.3 is 24.7 Å². The van der Waals surface area contributed by atoms with Crippen molar-refractivity contribution in [2.24, 2.45) is 7.05 Å². The van der Waals surface area contributed by atoms with E-state index in [1.807, 2.05) is 38.4 Å². The number of aryl methyl sites for hydroxylation is 1. The molecule has 31 heavy (non-hydrogen) atoms. The maximum Gasteiger partial charge on any atom is 0.229 e. The maximum atomic E-state index is 11.3. The van der Waals surface area contributed by atoms with Crippen LogP contribution in [0.15, 0.2) is 59.8 Å². The number of aliphatic hydroxyl groups excluding tert-OH is 1. The van der Waals surface area contributed by atoms with Crippen LogP contribution in [0.2, 0.25) is 0 Å². The molecular formula is C21H22N7O2S-. The molecule has 2 aromatic heterocycles. The second-order valence-corrected chi connectivity index (χ2v) is 8.15. The minimum absolute atomic E-state index is 0.0466. The first-order chi connectivity index (χ1) is 14.9. The Labute approximate surface area is 181 Å². The predicted molar refractivity (Wildman–Crippen MR) is 121 cm³/mol. The van der Waals surface area contributed by atoms with Gasteiger partial charge in [-0.3, -0.25) is 4.68 Å². The largest absolute Gasteiger partial charge is 0.440 e. The van der Waals surface area contributed by atoms with Crippen molar-refractivity contribution in [1.82, 2.24) is 19.7 Å². The number of fused-ring (bicyclic) bond motifs is 1. The molecular weight excluding hydrogens is 414 g/mol. The summed E-state index contributed by atoms with van der Waals surface area (Å²) in [6.07, 6.45) is 3.69. The van der Waals surface area contributed by atoms with Crippen LogP contribution in [-0.2, 0) is 21.9 Å². The third-order valence-corrected chi connectivity index (χ3v) is 5.43. The van der Waals surface area contributed by atoms with Crippen LogP contribution in [0.1, 0.15) is 6.92 Å². The number of benzene rings is 2. The monoisotopic (exact) mass is 436 g/mol. The quantitative estimate of drug-likeness (QED) is 0.325. The lowest BCUT2D eigenvalue weighted by atomic mass is 10.0. The van der Waals surface area contributed by atoms with E-state index in [1.165, 1.54) is 0 Å². The lowest BCUT2D eigenvalue weighted by Crippen LogP contribution is -2.21. The molecule has 4 aromatic rings. The number of aromatic nitrogens is 4. The van der Waals surface area contributed by atoms with Gasteiger partial charge in [0, 0.05) is 42.1 Å². The molecule has 9 nitrogen and oxygen atoms in total. The number of hydrogen-bond donors (Lipinski definition) is 4. The predicted octanol–water partition coefficient (Wildman–Crippen LogP) is 3.65. The highest BCUT2D eigenvalue weighted by Gasteiger charge is 2.15. The van der Waals surface area contributed by atoms with E-state index in [2.05, 4.69) is 25.7 Å². The van der Waals surface area contributed by atoms with Crippen molar-refractivity contribution in [3.63, 3.8) is 0 Å². The van der Waals surface area contributed by atoms with Crippen LogP contribution < -0.4 is 10.6 Å². The molecule has 0 amide bonds. The Morgan fingerprint density at radius 1 is 1.19 bits per heavy atom.